The van der Waals surface area contributed by atoms with Crippen LogP contribution in [0.5, 0.6) is 0 Å². The van der Waals surface area contributed by atoms with Gasteiger partial charge in [-0.25, -0.2) is 14.8 Å². The minimum absolute atomic E-state index is 0.218. The Balaban J connectivity index is 1.64. The first-order chi connectivity index (χ1) is 15.9. The quantitative estimate of drug-likeness (QED) is 0.243. The highest BCUT2D eigenvalue weighted by Gasteiger charge is 2.07. The molecule has 0 aliphatic rings. The SMILES string of the molecule is CN(C)C/C=C/C(=O)Nc1cccc(Nc2nc(N/N=C/c3ccc(F)cc3)ncc2Cl)c1. The molecule has 8 nitrogen and oxygen atoms in total. The Morgan fingerprint density at radius 2 is 1.94 bits per heavy atom. The van der Waals surface area contributed by atoms with Crippen molar-refractivity contribution in [2.45, 2.75) is 0 Å². The first-order valence-electron chi connectivity index (χ1n) is 9.95. The topological polar surface area (TPSA) is 94.5 Å². The van der Waals surface area contributed by atoms with Crippen LogP contribution in [0.3, 0.4) is 0 Å². The maximum absolute atomic E-state index is 13.0. The highest BCUT2D eigenvalue weighted by Crippen LogP contribution is 2.25. The van der Waals surface area contributed by atoms with Crippen LogP contribution in [0.4, 0.5) is 27.5 Å². The number of hydrogen-bond donors (Lipinski definition) is 3. The lowest BCUT2D eigenvalue weighted by Gasteiger charge is -2.10. The van der Waals surface area contributed by atoms with Crippen LogP contribution >= 0.6 is 11.6 Å². The summed E-state index contributed by atoms with van der Waals surface area (Å²) in [7, 11) is 3.85. The molecule has 3 rings (SSSR count). The van der Waals surface area contributed by atoms with Crippen molar-refractivity contribution in [3.05, 3.63) is 83.3 Å². The zero-order valence-corrected chi connectivity index (χ0v) is 18.8. The van der Waals surface area contributed by atoms with Gasteiger partial charge in [-0.1, -0.05) is 35.9 Å². The molecule has 10 heteroatoms. The number of hydrazone groups is 1. The molecule has 0 atom stereocenters. The molecule has 0 unspecified atom stereocenters. The smallest absolute Gasteiger partial charge is 0.248 e. The van der Waals surface area contributed by atoms with Crippen LogP contribution in [0.25, 0.3) is 0 Å². The Morgan fingerprint density at radius 3 is 2.70 bits per heavy atom. The number of aromatic nitrogens is 2. The predicted molar refractivity (Wildman–Crippen MR) is 131 cm³/mol. The molecular weight excluding hydrogens is 445 g/mol. The van der Waals surface area contributed by atoms with Gasteiger partial charge in [-0.2, -0.15) is 10.1 Å². The van der Waals surface area contributed by atoms with Gasteiger partial charge in [-0.05, 0) is 50.0 Å². The summed E-state index contributed by atoms with van der Waals surface area (Å²) in [5.74, 6) is 0.0390. The number of anilines is 4. The van der Waals surface area contributed by atoms with Crippen LogP contribution in [0.15, 0.2) is 72.0 Å². The van der Waals surface area contributed by atoms with E-state index >= 15 is 0 Å². The number of hydrogen-bond acceptors (Lipinski definition) is 7. The lowest BCUT2D eigenvalue weighted by atomic mass is 10.2. The molecule has 33 heavy (non-hydrogen) atoms. The van der Waals surface area contributed by atoms with Gasteiger partial charge in [0.2, 0.25) is 11.9 Å². The third-order valence-corrected chi connectivity index (χ3v) is 4.40. The van der Waals surface area contributed by atoms with Crippen molar-refractivity contribution in [1.29, 1.82) is 0 Å². The maximum atomic E-state index is 13.0. The fourth-order valence-corrected chi connectivity index (χ4v) is 2.73. The average molecular weight is 468 g/mol. The van der Waals surface area contributed by atoms with Gasteiger partial charge in [-0.3, -0.25) is 4.79 Å². The third-order valence-electron chi connectivity index (χ3n) is 4.12. The molecule has 0 aliphatic carbocycles. The van der Waals surface area contributed by atoms with Crippen molar-refractivity contribution >= 4 is 46.9 Å². The summed E-state index contributed by atoms with van der Waals surface area (Å²) < 4.78 is 13.0. The molecule has 1 aromatic heterocycles. The molecule has 3 aromatic rings. The van der Waals surface area contributed by atoms with Gasteiger partial charge in [0.15, 0.2) is 5.82 Å². The van der Waals surface area contributed by atoms with E-state index in [2.05, 4.69) is 31.1 Å². The maximum Gasteiger partial charge on any atom is 0.248 e. The van der Waals surface area contributed by atoms with Crippen LogP contribution < -0.4 is 16.1 Å². The largest absolute Gasteiger partial charge is 0.339 e. The van der Waals surface area contributed by atoms with Gasteiger partial charge >= 0.3 is 0 Å². The van der Waals surface area contributed by atoms with Crippen molar-refractivity contribution in [2.24, 2.45) is 5.10 Å². The Labute approximate surface area is 196 Å². The zero-order valence-electron chi connectivity index (χ0n) is 18.1. The summed E-state index contributed by atoms with van der Waals surface area (Å²) in [6.07, 6.45) is 6.23. The molecule has 1 heterocycles. The summed E-state index contributed by atoms with van der Waals surface area (Å²) in [6, 6.07) is 13.0. The number of nitrogens with one attached hydrogen (secondary N) is 3. The molecule has 0 saturated carbocycles. The van der Waals surface area contributed by atoms with E-state index in [4.69, 9.17) is 11.6 Å². The molecular formula is C23H23ClFN7O. The lowest BCUT2D eigenvalue weighted by Crippen LogP contribution is -2.13. The predicted octanol–water partition coefficient (Wildman–Crippen LogP) is 4.52. The number of nitrogens with zero attached hydrogens (tertiary/aromatic N) is 4. The number of rotatable bonds is 9. The molecule has 0 fully saturated rings. The van der Waals surface area contributed by atoms with Crippen molar-refractivity contribution in [1.82, 2.24) is 14.9 Å². The van der Waals surface area contributed by atoms with Crippen LogP contribution in [0.1, 0.15) is 5.56 Å². The molecule has 0 saturated heterocycles. The number of likely N-dealkylation sites (N-methyl/N-ethyl adjacent to an activating group) is 1. The van der Waals surface area contributed by atoms with E-state index in [9.17, 15) is 9.18 Å². The van der Waals surface area contributed by atoms with Gasteiger partial charge in [0.25, 0.3) is 0 Å². The number of benzene rings is 2. The van der Waals surface area contributed by atoms with E-state index in [0.29, 0.717) is 34.3 Å². The second-order valence-electron chi connectivity index (χ2n) is 7.17. The zero-order chi connectivity index (χ0) is 23.6. The monoisotopic (exact) mass is 467 g/mol. The Hall–Kier alpha value is -3.82. The van der Waals surface area contributed by atoms with Gasteiger partial charge in [0.05, 0.1) is 12.4 Å². The number of amides is 1. The normalized spacial score (nSPS) is 11.3. The molecule has 0 spiro atoms. The van der Waals surface area contributed by atoms with E-state index in [0.717, 1.165) is 0 Å². The summed E-state index contributed by atoms with van der Waals surface area (Å²) in [5, 5.41) is 10.3. The summed E-state index contributed by atoms with van der Waals surface area (Å²) >= 11 is 6.23. The van der Waals surface area contributed by atoms with Gasteiger partial charge in [0.1, 0.15) is 10.8 Å². The molecule has 170 valence electrons. The fraction of sp³-hybridized carbons (Fsp3) is 0.130. The van der Waals surface area contributed by atoms with E-state index < -0.39 is 0 Å². The highest BCUT2D eigenvalue weighted by molar-refractivity contribution is 6.32. The van der Waals surface area contributed by atoms with E-state index in [1.165, 1.54) is 30.6 Å². The number of carbonyl (C=O) groups is 1. The minimum Gasteiger partial charge on any atom is -0.339 e. The minimum atomic E-state index is -0.318. The number of halogens is 2. The molecule has 2 aromatic carbocycles. The average Bonchev–Trinajstić information content (AvgIpc) is 2.77. The van der Waals surface area contributed by atoms with Crippen LogP contribution in [-0.4, -0.2) is 47.6 Å². The fourth-order valence-electron chi connectivity index (χ4n) is 2.59. The van der Waals surface area contributed by atoms with Crippen LogP contribution in [0.2, 0.25) is 5.02 Å². The first kappa shape index (κ1) is 23.8. The van der Waals surface area contributed by atoms with Crippen molar-refractivity contribution in [3.63, 3.8) is 0 Å². The van der Waals surface area contributed by atoms with Crippen molar-refractivity contribution in [2.75, 3.05) is 36.7 Å². The van der Waals surface area contributed by atoms with Crippen molar-refractivity contribution < 1.29 is 9.18 Å². The van der Waals surface area contributed by atoms with Gasteiger partial charge in [-0.15, -0.1) is 0 Å². The summed E-state index contributed by atoms with van der Waals surface area (Å²) in [4.78, 5) is 22.4. The standard InChI is InChI=1S/C23H23ClFN7O/c1-32(2)12-4-7-21(33)28-18-5-3-6-19(13-18)29-22-20(24)15-26-23(30-22)31-27-14-16-8-10-17(25)11-9-16/h3-11,13-15H,12H2,1-2H3,(H,28,33)(H2,26,29,30,31)/b7-4+,27-14+. The Morgan fingerprint density at radius 1 is 1.18 bits per heavy atom. The third kappa shape index (κ3) is 7.99. The van der Waals surface area contributed by atoms with Crippen LogP contribution in [-0.2, 0) is 4.79 Å². The molecule has 0 bridgehead atoms. The van der Waals surface area contributed by atoms with Crippen molar-refractivity contribution in [3.8, 4) is 0 Å². The molecule has 3 N–H and O–H groups in total. The molecule has 1 amide bonds. The number of carbonyl (C=O) groups excluding carboxylic acids is 1. The summed E-state index contributed by atoms with van der Waals surface area (Å²) in [5.41, 5.74) is 4.72. The lowest BCUT2D eigenvalue weighted by molar-refractivity contribution is -0.111. The van der Waals surface area contributed by atoms with Crippen LogP contribution in [0, 0.1) is 5.82 Å². The molecule has 0 radical (unpaired) electrons. The van der Waals surface area contributed by atoms with Gasteiger partial charge in [0, 0.05) is 24.0 Å². The summed E-state index contributed by atoms with van der Waals surface area (Å²) in [6.45, 7) is 0.672. The second kappa shape index (κ2) is 11.7. The first-order valence-corrected chi connectivity index (χ1v) is 10.3. The Kier molecular flexibility index (Phi) is 8.45. The molecule has 0 aliphatic heterocycles. The Bertz CT molecular complexity index is 1150. The van der Waals surface area contributed by atoms with E-state index in [-0.39, 0.29) is 17.7 Å². The van der Waals surface area contributed by atoms with Gasteiger partial charge < -0.3 is 15.5 Å². The van der Waals surface area contributed by atoms with E-state index in [1.54, 1.807) is 36.4 Å². The van der Waals surface area contributed by atoms with E-state index in [1.807, 2.05) is 25.1 Å². The second-order valence-corrected chi connectivity index (χ2v) is 7.58. The highest BCUT2D eigenvalue weighted by atomic mass is 35.5.